The Morgan fingerprint density at radius 3 is 2.49 bits per heavy atom. The van der Waals surface area contributed by atoms with Crippen LogP contribution in [0.3, 0.4) is 0 Å². The fourth-order valence-electron chi connectivity index (χ4n) is 4.74. The predicted molar refractivity (Wildman–Crippen MR) is 127 cm³/mol. The number of ether oxygens (including phenoxy) is 3. The smallest absolute Gasteiger partial charge is 0.410 e. The van der Waals surface area contributed by atoms with E-state index in [0.29, 0.717) is 35.8 Å². The lowest BCUT2D eigenvalue weighted by molar-refractivity contribution is 0.0999. The van der Waals surface area contributed by atoms with Crippen LogP contribution in [0.25, 0.3) is 0 Å². The third kappa shape index (κ3) is 4.48. The second kappa shape index (κ2) is 10.8. The molecule has 9 nitrogen and oxygen atoms in total. The number of benzene rings is 1. The minimum Gasteiger partial charge on any atom is -0.490 e. The summed E-state index contributed by atoms with van der Waals surface area (Å²) in [6, 6.07) is 11.6. The molecule has 0 unspecified atom stereocenters. The molecule has 1 heterocycles. The first-order valence-electron chi connectivity index (χ1n) is 11.7. The van der Waals surface area contributed by atoms with Gasteiger partial charge in [-0.2, -0.15) is 15.8 Å². The number of nitriles is 3. The number of allylic oxidation sites excluding steroid dienone is 2. The van der Waals surface area contributed by atoms with Gasteiger partial charge in [0.05, 0.1) is 43.2 Å². The highest BCUT2D eigenvalue weighted by Gasteiger charge is 2.55. The number of nitrogens with two attached hydrogens (primary N) is 1. The number of fused-ring (bicyclic) bond motifs is 1. The van der Waals surface area contributed by atoms with E-state index < -0.39 is 23.3 Å². The summed E-state index contributed by atoms with van der Waals surface area (Å²) in [4.78, 5) is 14.0. The van der Waals surface area contributed by atoms with Crippen LogP contribution in [0.1, 0.15) is 38.7 Å². The zero-order chi connectivity index (χ0) is 25.6. The van der Waals surface area contributed by atoms with Crippen LogP contribution in [0, 0.1) is 45.3 Å². The molecule has 1 amide bonds. The summed E-state index contributed by atoms with van der Waals surface area (Å²) < 4.78 is 16.8. The van der Waals surface area contributed by atoms with Crippen LogP contribution < -0.4 is 15.2 Å². The van der Waals surface area contributed by atoms with Crippen molar-refractivity contribution in [2.75, 3.05) is 32.9 Å². The van der Waals surface area contributed by atoms with E-state index in [1.165, 1.54) is 4.90 Å². The van der Waals surface area contributed by atoms with Gasteiger partial charge in [-0.05, 0) is 43.5 Å². The molecule has 2 N–H and O–H groups in total. The Labute approximate surface area is 205 Å². The van der Waals surface area contributed by atoms with Gasteiger partial charge in [0.15, 0.2) is 16.9 Å². The van der Waals surface area contributed by atoms with Gasteiger partial charge in [-0.15, -0.1) is 0 Å². The molecule has 0 radical (unpaired) electrons. The fraction of sp³-hybridized carbons (Fsp3) is 0.462. The van der Waals surface area contributed by atoms with E-state index in [2.05, 4.69) is 18.2 Å². The Kier molecular flexibility index (Phi) is 7.89. The number of rotatable bonds is 7. The minimum atomic E-state index is -1.82. The number of nitrogens with zero attached hydrogens (tertiary/aromatic N) is 4. The summed E-state index contributed by atoms with van der Waals surface area (Å²) in [5, 5.41) is 30.4. The Bertz CT molecular complexity index is 1150. The average Bonchev–Trinajstić information content (AvgIpc) is 2.87. The van der Waals surface area contributed by atoms with Gasteiger partial charge in [-0.25, -0.2) is 4.79 Å². The molecule has 3 rings (SSSR count). The molecular weight excluding hydrogens is 446 g/mol. The number of carbonyl (C=O) groups is 1. The molecule has 1 aliphatic heterocycles. The van der Waals surface area contributed by atoms with Crippen LogP contribution in [0.15, 0.2) is 41.1 Å². The maximum Gasteiger partial charge on any atom is 0.410 e. The molecule has 2 atom stereocenters. The second-order valence-electron chi connectivity index (χ2n) is 8.27. The first kappa shape index (κ1) is 25.5. The SMILES string of the molecule is CCCOc1ccc([C@@H]2[C@@H]3CN(C(=O)OCC)CC=C3C(C#N)=C(N)C2(C#N)C#N)cc1OCC. The summed E-state index contributed by atoms with van der Waals surface area (Å²) in [5.74, 6) is -0.259. The minimum absolute atomic E-state index is 0.0774. The molecule has 2 aliphatic rings. The lowest BCUT2D eigenvalue weighted by Crippen LogP contribution is -2.49. The van der Waals surface area contributed by atoms with Crippen molar-refractivity contribution in [1.29, 1.82) is 15.8 Å². The number of carbonyl (C=O) groups excluding carboxylic acids is 1. The Morgan fingerprint density at radius 2 is 1.89 bits per heavy atom. The molecule has 0 fully saturated rings. The van der Waals surface area contributed by atoms with E-state index >= 15 is 0 Å². The molecule has 0 saturated carbocycles. The van der Waals surface area contributed by atoms with Crippen molar-refractivity contribution in [2.24, 2.45) is 17.1 Å². The highest BCUT2D eigenvalue weighted by molar-refractivity contribution is 5.69. The van der Waals surface area contributed by atoms with Gasteiger partial charge in [-0.1, -0.05) is 19.1 Å². The second-order valence-corrected chi connectivity index (χ2v) is 8.27. The van der Waals surface area contributed by atoms with Gasteiger partial charge in [-0.3, -0.25) is 0 Å². The molecule has 9 heteroatoms. The highest BCUT2D eigenvalue weighted by Crippen LogP contribution is 2.54. The van der Waals surface area contributed by atoms with E-state index in [-0.39, 0.29) is 31.0 Å². The summed E-state index contributed by atoms with van der Waals surface area (Å²) in [5.41, 5.74) is 5.84. The van der Waals surface area contributed by atoms with Gasteiger partial charge < -0.3 is 24.8 Å². The van der Waals surface area contributed by atoms with Crippen molar-refractivity contribution >= 4 is 6.09 Å². The van der Waals surface area contributed by atoms with E-state index in [9.17, 15) is 20.6 Å². The fourth-order valence-corrected chi connectivity index (χ4v) is 4.74. The van der Waals surface area contributed by atoms with Gasteiger partial charge in [0.25, 0.3) is 0 Å². The first-order valence-corrected chi connectivity index (χ1v) is 11.7. The molecule has 0 bridgehead atoms. The summed E-state index contributed by atoms with van der Waals surface area (Å²) in [6.07, 6.45) is 2.07. The van der Waals surface area contributed by atoms with Crippen molar-refractivity contribution < 1.29 is 19.0 Å². The number of hydrogen-bond donors (Lipinski definition) is 1. The lowest BCUT2D eigenvalue weighted by atomic mass is 9.58. The lowest BCUT2D eigenvalue weighted by Gasteiger charge is -2.45. The molecule has 0 spiro atoms. The largest absolute Gasteiger partial charge is 0.490 e. The van der Waals surface area contributed by atoms with Crippen molar-refractivity contribution in [3.63, 3.8) is 0 Å². The van der Waals surface area contributed by atoms with Crippen LogP contribution in [0.5, 0.6) is 11.5 Å². The summed E-state index contributed by atoms with van der Waals surface area (Å²) >= 11 is 0. The zero-order valence-electron chi connectivity index (χ0n) is 20.2. The predicted octanol–water partition coefficient (Wildman–Crippen LogP) is 3.76. The summed E-state index contributed by atoms with van der Waals surface area (Å²) in [7, 11) is 0. The van der Waals surface area contributed by atoms with Crippen LogP contribution in [0.2, 0.25) is 0 Å². The number of hydrogen-bond acceptors (Lipinski definition) is 8. The van der Waals surface area contributed by atoms with Crippen molar-refractivity contribution in [1.82, 2.24) is 4.90 Å². The topological polar surface area (TPSA) is 145 Å². The molecular formula is C26H29N5O4. The average molecular weight is 476 g/mol. The monoisotopic (exact) mass is 475 g/mol. The maximum absolute atomic E-state index is 12.5. The van der Waals surface area contributed by atoms with E-state index in [4.69, 9.17) is 19.9 Å². The van der Waals surface area contributed by atoms with Crippen LogP contribution >= 0.6 is 0 Å². The molecule has 35 heavy (non-hydrogen) atoms. The summed E-state index contributed by atoms with van der Waals surface area (Å²) in [6.45, 7) is 7.08. The molecule has 1 aliphatic carbocycles. The van der Waals surface area contributed by atoms with Crippen LogP contribution in [-0.4, -0.2) is 43.9 Å². The Balaban J connectivity index is 2.22. The quantitative estimate of drug-likeness (QED) is 0.627. The Morgan fingerprint density at radius 1 is 1.14 bits per heavy atom. The highest BCUT2D eigenvalue weighted by atomic mass is 16.6. The Hall–Kier alpha value is -4.16. The molecule has 1 aromatic rings. The van der Waals surface area contributed by atoms with E-state index in [1.807, 2.05) is 13.8 Å². The van der Waals surface area contributed by atoms with Gasteiger partial charge in [0.1, 0.15) is 6.07 Å². The third-order valence-electron chi connectivity index (χ3n) is 6.28. The third-order valence-corrected chi connectivity index (χ3v) is 6.28. The van der Waals surface area contributed by atoms with Gasteiger partial charge in [0, 0.05) is 24.9 Å². The van der Waals surface area contributed by atoms with Crippen molar-refractivity contribution in [3.8, 4) is 29.7 Å². The van der Waals surface area contributed by atoms with Gasteiger partial charge >= 0.3 is 6.09 Å². The number of amides is 1. The maximum atomic E-state index is 12.5. The standard InChI is InChI=1S/C26H29N5O4/c1-4-11-35-21-8-7-17(12-22(21)33-5-2)23-20-14-31(25(32)34-6-3)10-9-18(20)19(13-27)24(30)26(23,15-28)16-29/h7-9,12,20,23H,4-6,10-11,14,30H2,1-3H3/t20-,23-/m1/s1. The van der Waals surface area contributed by atoms with Crippen LogP contribution in [-0.2, 0) is 4.74 Å². The van der Waals surface area contributed by atoms with Crippen LogP contribution in [0.4, 0.5) is 4.79 Å². The first-order chi connectivity index (χ1) is 16.9. The molecule has 1 aromatic carbocycles. The molecule has 0 saturated heterocycles. The van der Waals surface area contributed by atoms with E-state index in [0.717, 1.165) is 6.42 Å². The molecule has 0 aromatic heterocycles. The normalized spacial score (nSPS) is 20.5. The zero-order valence-corrected chi connectivity index (χ0v) is 20.2. The van der Waals surface area contributed by atoms with Gasteiger partial charge in [0.2, 0.25) is 0 Å². The van der Waals surface area contributed by atoms with Crippen molar-refractivity contribution in [2.45, 2.75) is 33.1 Å². The van der Waals surface area contributed by atoms with Crippen molar-refractivity contribution in [3.05, 3.63) is 46.7 Å². The molecule has 182 valence electrons. The van der Waals surface area contributed by atoms with E-state index in [1.54, 1.807) is 31.2 Å².